The van der Waals surface area contributed by atoms with Gasteiger partial charge in [-0.15, -0.1) is 0 Å². The molecule has 0 spiro atoms. The second kappa shape index (κ2) is 7.01. The fraction of sp³-hybridized carbons (Fsp3) is 0.462. The molecule has 0 aliphatic heterocycles. The minimum absolute atomic E-state index is 0.0452. The Morgan fingerprint density at radius 1 is 1.31 bits per heavy atom. The Hall–Kier alpha value is -1.35. The first-order valence-corrected chi connectivity index (χ1v) is 5.66. The van der Waals surface area contributed by atoms with Crippen LogP contribution in [0.5, 0.6) is 0 Å². The quantitative estimate of drug-likeness (QED) is 0.609. The van der Waals surface area contributed by atoms with Crippen molar-refractivity contribution in [1.82, 2.24) is 0 Å². The Kier molecular flexibility index (Phi) is 6.42. The summed E-state index contributed by atoms with van der Waals surface area (Å²) in [5, 5.41) is 0. The summed E-state index contributed by atoms with van der Waals surface area (Å²) in [4.78, 5) is 11.3. The van der Waals surface area contributed by atoms with Crippen molar-refractivity contribution in [2.75, 3.05) is 12.3 Å². The molecule has 0 amide bonds. The fourth-order valence-electron chi connectivity index (χ4n) is 1.64. The molecule has 0 aromatic heterocycles. The summed E-state index contributed by atoms with van der Waals surface area (Å²) < 4.78 is 0. The van der Waals surface area contributed by atoms with Crippen molar-refractivity contribution in [3.63, 3.8) is 0 Å². The molecule has 16 heavy (non-hydrogen) atoms. The maximum absolute atomic E-state index is 11.3. The number of carbonyl (C=O) groups excluding carboxylic acids is 1. The number of Topliss-reactive ketones (excluding diaryl/α,β-unsaturated/α-hetero) is 1. The van der Waals surface area contributed by atoms with E-state index < -0.39 is 0 Å². The average Bonchev–Trinajstić information content (AvgIpc) is 2.24. The van der Waals surface area contributed by atoms with Crippen LogP contribution in [-0.2, 0) is 6.42 Å². The van der Waals surface area contributed by atoms with Crippen LogP contribution >= 0.6 is 0 Å². The molecule has 0 saturated heterocycles. The van der Waals surface area contributed by atoms with E-state index in [4.69, 9.17) is 11.5 Å². The zero-order valence-electron chi connectivity index (χ0n) is 10.6. The van der Waals surface area contributed by atoms with Crippen LogP contribution in [0, 0.1) is 6.92 Å². The van der Waals surface area contributed by atoms with Gasteiger partial charge in [-0.3, -0.25) is 4.79 Å². The summed E-state index contributed by atoms with van der Waals surface area (Å²) in [7, 11) is 0. The maximum atomic E-state index is 11.3. The number of nitrogen functional groups attached to an aromatic ring is 1. The van der Waals surface area contributed by atoms with Crippen LogP contribution in [0.4, 0.5) is 5.69 Å². The topological polar surface area (TPSA) is 69.1 Å². The molecule has 1 aromatic carbocycles. The van der Waals surface area contributed by atoms with E-state index >= 15 is 0 Å². The van der Waals surface area contributed by atoms with Crippen molar-refractivity contribution < 1.29 is 4.79 Å². The third kappa shape index (κ3) is 3.66. The van der Waals surface area contributed by atoms with Crippen LogP contribution in [0.3, 0.4) is 0 Å². The van der Waals surface area contributed by atoms with E-state index in [1.807, 2.05) is 26.8 Å². The molecule has 1 aromatic rings. The molecule has 0 aliphatic rings. The molecule has 1 rings (SSSR count). The van der Waals surface area contributed by atoms with Gasteiger partial charge in [0.2, 0.25) is 0 Å². The van der Waals surface area contributed by atoms with Gasteiger partial charge in [0, 0.05) is 11.3 Å². The lowest BCUT2D eigenvalue weighted by Crippen LogP contribution is -2.10. The Labute approximate surface area is 97.8 Å². The van der Waals surface area contributed by atoms with Gasteiger partial charge in [-0.2, -0.15) is 0 Å². The van der Waals surface area contributed by atoms with Gasteiger partial charge in [-0.25, -0.2) is 0 Å². The molecule has 0 atom stereocenters. The van der Waals surface area contributed by atoms with Crippen molar-refractivity contribution in [2.45, 2.75) is 34.1 Å². The monoisotopic (exact) mass is 222 g/mol. The summed E-state index contributed by atoms with van der Waals surface area (Å²) in [6.45, 7) is 8.05. The number of nitrogens with two attached hydrogens (primary N) is 2. The smallest absolute Gasteiger partial charge is 0.160 e. The standard InChI is InChI=1S/C11H16N2O.C2H6/c1-7-5-9(13)6-11(8(2)14)10(7)3-4-12;1-2/h5-6H,3-4,12-13H2,1-2H3;1-2H3. The zero-order chi connectivity index (χ0) is 12.7. The highest BCUT2D eigenvalue weighted by molar-refractivity contribution is 5.96. The van der Waals surface area contributed by atoms with Gasteiger partial charge in [-0.05, 0) is 50.1 Å². The second-order valence-electron chi connectivity index (χ2n) is 3.46. The van der Waals surface area contributed by atoms with Gasteiger partial charge in [0.15, 0.2) is 5.78 Å². The van der Waals surface area contributed by atoms with Gasteiger partial charge in [-0.1, -0.05) is 13.8 Å². The van der Waals surface area contributed by atoms with Crippen molar-refractivity contribution in [3.8, 4) is 0 Å². The second-order valence-corrected chi connectivity index (χ2v) is 3.46. The molecule has 0 saturated carbocycles. The highest BCUT2D eigenvalue weighted by Gasteiger charge is 2.10. The van der Waals surface area contributed by atoms with E-state index in [0.717, 1.165) is 17.5 Å². The maximum Gasteiger partial charge on any atom is 0.160 e. The Morgan fingerprint density at radius 2 is 1.88 bits per heavy atom. The van der Waals surface area contributed by atoms with E-state index in [0.29, 0.717) is 17.8 Å². The Bertz CT molecular complexity index is 359. The highest BCUT2D eigenvalue weighted by Crippen LogP contribution is 2.19. The molecular formula is C13H22N2O. The minimum Gasteiger partial charge on any atom is -0.399 e. The molecule has 90 valence electrons. The number of hydrogen-bond acceptors (Lipinski definition) is 3. The number of anilines is 1. The number of benzene rings is 1. The van der Waals surface area contributed by atoms with E-state index in [1.165, 1.54) is 0 Å². The Balaban J connectivity index is 0.00000106. The SMILES string of the molecule is CC.CC(=O)c1cc(N)cc(C)c1CCN. The number of hydrogen-bond donors (Lipinski definition) is 2. The van der Waals surface area contributed by atoms with Crippen LogP contribution in [0.1, 0.15) is 42.3 Å². The third-order valence-corrected chi connectivity index (χ3v) is 2.27. The van der Waals surface area contributed by atoms with Crippen LogP contribution in [-0.4, -0.2) is 12.3 Å². The van der Waals surface area contributed by atoms with Crippen molar-refractivity contribution >= 4 is 11.5 Å². The first kappa shape index (κ1) is 14.6. The summed E-state index contributed by atoms with van der Waals surface area (Å²) in [5.41, 5.74) is 14.6. The predicted octanol–water partition coefficient (Wildman–Crippen LogP) is 2.31. The average molecular weight is 222 g/mol. The van der Waals surface area contributed by atoms with Crippen molar-refractivity contribution in [1.29, 1.82) is 0 Å². The predicted molar refractivity (Wildman–Crippen MR) is 69.7 cm³/mol. The van der Waals surface area contributed by atoms with Crippen LogP contribution in [0.2, 0.25) is 0 Å². The van der Waals surface area contributed by atoms with E-state index in [-0.39, 0.29) is 5.78 Å². The zero-order valence-corrected chi connectivity index (χ0v) is 10.6. The van der Waals surface area contributed by atoms with Gasteiger partial charge < -0.3 is 11.5 Å². The molecule has 0 aliphatic carbocycles. The summed E-state index contributed by atoms with van der Waals surface area (Å²) >= 11 is 0. The molecule has 3 heteroatoms. The molecule has 0 heterocycles. The normalized spacial score (nSPS) is 9.31. The van der Waals surface area contributed by atoms with Crippen molar-refractivity contribution in [3.05, 3.63) is 28.8 Å². The van der Waals surface area contributed by atoms with E-state index in [1.54, 1.807) is 13.0 Å². The van der Waals surface area contributed by atoms with Gasteiger partial charge >= 0.3 is 0 Å². The summed E-state index contributed by atoms with van der Waals surface area (Å²) in [6.07, 6.45) is 0.723. The fourth-order valence-corrected chi connectivity index (χ4v) is 1.64. The minimum atomic E-state index is 0.0452. The summed E-state index contributed by atoms with van der Waals surface area (Å²) in [6, 6.07) is 3.60. The third-order valence-electron chi connectivity index (χ3n) is 2.27. The lowest BCUT2D eigenvalue weighted by atomic mass is 9.96. The number of carbonyl (C=O) groups is 1. The molecule has 0 bridgehead atoms. The lowest BCUT2D eigenvalue weighted by Gasteiger charge is -2.10. The number of ketones is 1. The first-order valence-electron chi connectivity index (χ1n) is 5.66. The van der Waals surface area contributed by atoms with Gasteiger partial charge in [0.25, 0.3) is 0 Å². The van der Waals surface area contributed by atoms with E-state index in [2.05, 4.69) is 0 Å². The number of aryl methyl sites for hydroxylation is 1. The Morgan fingerprint density at radius 3 is 2.31 bits per heavy atom. The lowest BCUT2D eigenvalue weighted by molar-refractivity contribution is 0.101. The molecule has 0 unspecified atom stereocenters. The molecule has 3 nitrogen and oxygen atoms in total. The first-order chi connectivity index (χ1) is 7.56. The molecule has 0 radical (unpaired) electrons. The largest absolute Gasteiger partial charge is 0.399 e. The van der Waals surface area contributed by atoms with Crippen LogP contribution in [0.25, 0.3) is 0 Å². The molecular weight excluding hydrogens is 200 g/mol. The van der Waals surface area contributed by atoms with Gasteiger partial charge in [0.05, 0.1) is 0 Å². The van der Waals surface area contributed by atoms with Crippen molar-refractivity contribution in [2.24, 2.45) is 5.73 Å². The molecule has 4 N–H and O–H groups in total. The highest BCUT2D eigenvalue weighted by atomic mass is 16.1. The van der Waals surface area contributed by atoms with Crippen LogP contribution in [0.15, 0.2) is 12.1 Å². The van der Waals surface area contributed by atoms with E-state index in [9.17, 15) is 4.79 Å². The number of rotatable bonds is 3. The molecule has 0 fully saturated rings. The summed E-state index contributed by atoms with van der Waals surface area (Å²) in [5.74, 6) is 0.0452. The van der Waals surface area contributed by atoms with Gasteiger partial charge in [0.1, 0.15) is 0 Å². The van der Waals surface area contributed by atoms with Crippen LogP contribution < -0.4 is 11.5 Å².